The SMILES string of the molecule is CC1(C)c2ccccc2-c2cc3ccc(N(c4ccccc4)c4ccc5c(c4)C4(c6ccccc6-c6ccccc64)c4ccccc4-5)cc3cc21. The molecule has 0 N–H and O–H groups in total. The van der Waals surface area contributed by atoms with Crippen LogP contribution < -0.4 is 4.90 Å². The Hall–Kier alpha value is -6.18. The average molecular weight is 650 g/mol. The monoisotopic (exact) mass is 649 g/mol. The summed E-state index contributed by atoms with van der Waals surface area (Å²) in [5.74, 6) is 0. The molecule has 1 spiro atoms. The number of nitrogens with zero attached hydrogens (tertiary/aromatic N) is 1. The van der Waals surface area contributed by atoms with Crippen molar-refractivity contribution in [1.29, 1.82) is 0 Å². The van der Waals surface area contributed by atoms with Crippen molar-refractivity contribution >= 4 is 27.8 Å². The first-order valence-corrected chi connectivity index (χ1v) is 18.0. The minimum Gasteiger partial charge on any atom is -0.310 e. The first kappa shape index (κ1) is 28.6. The second kappa shape index (κ2) is 10.2. The first-order valence-electron chi connectivity index (χ1n) is 18.0. The van der Waals surface area contributed by atoms with Gasteiger partial charge in [0.15, 0.2) is 0 Å². The van der Waals surface area contributed by atoms with Crippen molar-refractivity contribution in [3.63, 3.8) is 0 Å². The fourth-order valence-electron chi connectivity index (χ4n) is 9.82. The lowest BCUT2D eigenvalue weighted by molar-refractivity contribution is 0.661. The normalized spacial score (nSPS) is 14.8. The molecule has 0 unspecified atom stereocenters. The summed E-state index contributed by atoms with van der Waals surface area (Å²) in [5, 5.41) is 2.53. The molecule has 1 nitrogen and oxygen atoms in total. The highest BCUT2D eigenvalue weighted by Crippen LogP contribution is 2.63. The fraction of sp³-hybridized carbons (Fsp3) is 0.0800. The maximum Gasteiger partial charge on any atom is 0.0726 e. The Morgan fingerprint density at radius 1 is 0.314 bits per heavy atom. The molecule has 3 aliphatic carbocycles. The van der Waals surface area contributed by atoms with Crippen LogP contribution >= 0.6 is 0 Å². The third-order valence-electron chi connectivity index (χ3n) is 12.0. The first-order chi connectivity index (χ1) is 25.0. The minimum atomic E-state index is -0.387. The van der Waals surface area contributed by atoms with Crippen LogP contribution in [0.3, 0.4) is 0 Å². The van der Waals surface area contributed by atoms with Crippen molar-refractivity contribution in [2.45, 2.75) is 24.7 Å². The van der Waals surface area contributed by atoms with E-state index in [9.17, 15) is 0 Å². The molecule has 0 aromatic heterocycles. The van der Waals surface area contributed by atoms with E-state index in [0.29, 0.717) is 0 Å². The Labute approximate surface area is 299 Å². The zero-order valence-electron chi connectivity index (χ0n) is 28.7. The molecule has 11 rings (SSSR count). The molecule has 1 heteroatoms. The van der Waals surface area contributed by atoms with Gasteiger partial charge in [0.05, 0.1) is 5.41 Å². The molecule has 0 saturated heterocycles. The van der Waals surface area contributed by atoms with E-state index >= 15 is 0 Å². The van der Waals surface area contributed by atoms with Crippen molar-refractivity contribution in [3.05, 3.63) is 209 Å². The highest BCUT2D eigenvalue weighted by molar-refractivity contribution is 5.98. The number of rotatable bonds is 3. The molecule has 0 atom stereocenters. The number of hydrogen-bond donors (Lipinski definition) is 0. The van der Waals surface area contributed by atoms with Crippen LogP contribution in [0.2, 0.25) is 0 Å². The predicted octanol–water partition coefficient (Wildman–Crippen LogP) is 13.0. The van der Waals surface area contributed by atoms with E-state index in [1.54, 1.807) is 0 Å². The third-order valence-corrected chi connectivity index (χ3v) is 12.0. The largest absolute Gasteiger partial charge is 0.310 e. The molecule has 8 aromatic rings. The van der Waals surface area contributed by atoms with Crippen LogP contribution in [0.1, 0.15) is 47.2 Å². The maximum absolute atomic E-state index is 2.48. The van der Waals surface area contributed by atoms with Gasteiger partial charge in [-0.1, -0.05) is 141 Å². The van der Waals surface area contributed by atoms with E-state index in [0.717, 1.165) is 17.1 Å². The van der Waals surface area contributed by atoms with Crippen molar-refractivity contribution in [2.75, 3.05) is 4.90 Å². The highest BCUT2D eigenvalue weighted by atomic mass is 15.1. The van der Waals surface area contributed by atoms with Crippen LogP contribution in [0.5, 0.6) is 0 Å². The van der Waals surface area contributed by atoms with Crippen molar-refractivity contribution in [2.24, 2.45) is 0 Å². The van der Waals surface area contributed by atoms with E-state index in [-0.39, 0.29) is 10.8 Å². The summed E-state index contributed by atoms with van der Waals surface area (Å²) in [6, 6.07) is 65.9. The number of benzene rings is 8. The molecule has 0 radical (unpaired) electrons. The summed E-state index contributed by atoms with van der Waals surface area (Å²) < 4.78 is 0. The molecule has 0 saturated carbocycles. The second-order valence-electron chi connectivity index (χ2n) is 14.9. The number of anilines is 3. The Bertz CT molecular complexity index is 2670. The number of hydrogen-bond acceptors (Lipinski definition) is 1. The summed E-state index contributed by atoms with van der Waals surface area (Å²) in [4.78, 5) is 2.44. The Balaban J connectivity index is 1.14. The average Bonchev–Trinajstić information content (AvgIpc) is 3.73. The van der Waals surface area contributed by atoms with Gasteiger partial charge in [-0.15, -0.1) is 0 Å². The standard InChI is InChI=1S/C50H35N/c1-49(2)43-20-10-6-19-40(43)42-29-32-24-25-35(28-33(32)30-47(42)49)51(34-14-4-3-5-15-34)36-26-27-41-39-18-9-13-23-46(39)50(48(41)31-36)44-21-11-7-16-37(44)38-17-8-12-22-45(38)50/h3-31H,1-2H3. The summed E-state index contributed by atoms with van der Waals surface area (Å²) >= 11 is 0. The molecule has 0 amide bonds. The predicted molar refractivity (Wildman–Crippen MR) is 212 cm³/mol. The number of fused-ring (bicyclic) bond motifs is 14. The molecule has 8 aromatic carbocycles. The van der Waals surface area contributed by atoms with Crippen LogP contribution in [0.25, 0.3) is 44.2 Å². The van der Waals surface area contributed by atoms with E-state index in [2.05, 4.69) is 195 Å². The smallest absolute Gasteiger partial charge is 0.0726 e. The Morgan fingerprint density at radius 3 is 1.43 bits per heavy atom. The van der Waals surface area contributed by atoms with E-state index < -0.39 is 0 Å². The minimum absolute atomic E-state index is 0.0492. The third kappa shape index (κ3) is 3.71. The zero-order valence-corrected chi connectivity index (χ0v) is 28.7. The Morgan fingerprint density at radius 2 is 0.804 bits per heavy atom. The molecule has 3 aliphatic rings. The van der Waals surface area contributed by atoms with Crippen molar-refractivity contribution in [3.8, 4) is 33.4 Å². The van der Waals surface area contributed by atoms with Crippen LogP contribution in [-0.2, 0) is 10.8 Å². The fourth-order valence-corrected chi connectivity index (χ4v) is 9.82. The van der Waals surface area contributed by atoms with Crippen LogP contribution in [0.15, 0.2) is 176 Å². The lowest BCUT2D eigenvalue weighted by Gasteiger charge is -2.32. The summed E-state index contributed by atoms with van der Waals surface area (Å²) in [7, 11) is 0. The zero-order chi connectivity index (χ0) is 33.9. The molecule has 240 valence electrons. The molecule has 51 heavy (non-hydrogen) atoms. The quantitative estimate of drug-likeness (QED) is 0.184. The highest BCUT2D eigenvalue weighted by Gasteiger charge is 2.51. The lowest BCUT2D eigenvalue weighted by Crippen LogP contribution is -2.26. The van der Waals surface area contributed by atoms with E-state index in [1.807, 2.05) is 0 Å². The van der Waals surface area contributed by atoms with Gasteiger partial charge in [-0.05, 0) is 126 Å². The second-order valence-corrected chi connectivity index (χ2v) is 14.9. The van der Waals surface area contributed by atoms with Gasteiger partial charge in [-0.3, -0.25) is 0 Å². The van der Waals surface area contributed by atoms with Gasteiger partial charge in [-0.2, -0.15) is 0 Å². The molecule has 0 heterocycles. The van der Waals surface area contributed by atoms with Gasteiger partial charge >= 0.3 is 0 Å². The number of para-hydroxylation sites is 1. The molecule has 0 fully saturated rings. The van der Waals surface area contributed by atoms with Gasteiger partial charge in [0.2, 0.25) is 0 Å². The topological polar surface area (TPSA) is 3.24 Å². The van der Waals surface area contributed by atoms with Gasteiger partial charge in [-0.25, -0.2) is 0 Å². The van der Waals surface area contributed by atoms with E-state index in [1.165, 1.54) is 77.5 Å². The molecular formula is C50H35N. The summed E-state index contributed by atoms with van der Waals surface area (Å²) in [5.41, 5.74) is 19.3. The van der Waals surface area contributed by atoms with Gasteiger partial charge in [0.1, 0.15) is 0 Å². The van der Waals surface area contributed by atoms with Crippen molar-refractivity contribution in [1.82, 2.24) is 0 Å². The maximum atomic E-state index is 2.48. The molecule has 0 bridgehead atoms. The summed E-state index contributed by atoms with van der Waals surface area (Å²) in [6.45, 7) is 4.72. The lowest BCUT2D eigenvalue weighted by atomic mass is 9.70. The van der Waals surface area contributed by atoms with Crippen LogP contribution in [0, 0.1) is 0 Å². The summed E-state index contributed by atoms with van der Waals surface area (Å²) in [6.07, 6.45) is 0. The Kier molecular flexibility index (Phi) is 5.72. The molecular weight excluding hydrogens is 615 g/mol. The van der Waals surface area contributed by atoms with Crippen LogP contribution in [0.4, 0.5) is 17.1 Å². The van der Waals surface area contributed by atoms with Crippen molar-refractivity contribution < 1.29 is 0 Å². The van der Waals surface area contributed by atoms with Crippen LogP contribution in [-0.4, -0.2) is 0 Å². The van der Waals surface area contributed by atoms with E-state index in [4.69, 9.17) is 0 Å². The van der Waals surface area contributed by atoms with Gasteiger partial charge in [0.25, 0.3) is 0 Å². The van der Waals surface area contributed by atoms with Gasteiger partial charge < -0.3 is 4.90 Å². The molecule has 0 aliphatic heterocycles. The van der Waals surface area contributed by atoms with Gasteiger partial charge in [0, 0.05) is 22.5 Å².